The van der Waals surface area contributed by atoms with Crippen LogP contribution in [0.5, 0.6) is 0 Å². The van der Waals surface area contributed by atoms with E-state index in [1.165, 1.54) is 18.2 Å². The molecule has 0 aliphatic rings. The van der Waals surface area contributed by atoms with Crippen LogP contribution in [0.4, 0.5) is 10.2 Å². The Morgan fingerprint density at radius 3 is 2.58 bits per heavy atom. The minimum atomic E-state index is -0.560. The molecule has 160 valence electrons. The number of nitrogens with zero attached hydrogens (tertiary/aromatic N) is 3. The minimum Gasteiger partial charge on any atom is -0.462 e. The fraction of sp³-hybridized carbons (Fsp3) is 0.261. The molecule has 4 aromatic rings. The van der Waals surface area contributed by atoms with Crippen molar-refractivity contribution in [1.29, 1.82) is 0 Å². The van der Waals surface area contributed by atoms with Crippen LogP contribution in [0.15, 0.2) is 42.5 Å². The molecule has 6 nitrogen and oxygen atoms in total. The van der Waals surface area contributed by atoms with Crippen molar-refractivity contribution in [3.05, 3.63) is 58.9 Å². The number of anilines is 1. The Kier molecular flexibility index (Phi) is 6.04. The van der Waals surface area contributed by atoms with Gasteiger partial charge in [0.1, 0.15) is 22.7 Å². The molecule has 0 amide bonds. The number of rotatable bonds is 7. The molecule has 31 heavy (non-hydrogen) atoms. The van der Waals surface area contributed by atoms with Crippen molar-refractivity contribution < 1.29 is 13.9 Å². The summed E-state index contributed by atoms with van der Waals surface area (Å²) in [5, 5.41) is -0.0625. The van der Waals surface area contributed by atoms with E-state index in [2.05, 4.69) is 16.9 Å². The Labute approximate surface area is 183 Å². The van der Waals surface area contributed by atoms with Crippen LogP contribution in [0.25, 0.3) is 27.9 Å². The van der Waals surface area contributed by atoms with Gasteiger partial charge in [-0.05, 0) is 36.8 Å². The molecule has 0 aliphatic heterocycles. The van der Waals surface area contributed by atoms with Crippen LogP contribution in [0, 0.1) is 5.82 Å². The number of carbonyl (C=O) groups is 1. The molecule has 0 atom stereocenters. The quantitative estimate of drug-likeness (QED) is 0.295. The third-order valence-electron chi connectivity index (χ3n) is 5.09. The predicted octanol–water partition coefficient (Wildman–Crippen LogP) is 5.69. The summed E-state index contributed by atoms with van der Waals surface area (Å²) in [6.45, 7) is 2.42. The van der Waals surface area contributed by atoms with Gasteiger partial charge in [0.15, 0.2) is 5.65 Å². The molecule has 0 saturated carbocycles. The molecule has 0 unspecified atom stereocenters. The molecule has 2 N–H and O–H groups in total. The Morgan fingerprint density at radius 2 is 1.87 bits per heavy atom. The van der Waals surface area contributed by atoms with E-state index in [0.29, 0.717) is 34.5 Å². The number of halogens is 2. The van der Waals surface area contributed by atoms with Crippen LogP contribution in [0.3, 0.4) is 0 Å². The molecule has 2 aromatic carbocycles. The third kappa shape index (κ3) is 4.05. The zero-order valence-corrected chi connectivity index (χ0v) is 17.8. The van der Waals surface area contributed by atoms with E-state index in [1.807, 2.05) is 24.3 Å². The monoisotopic (exact) mass is 440 g/mol. The van der Waals surface area contributed by atoms with Gasteiger partial charge in [-0.15, -0.1) is 0 Å². The van der Waals surface area contributed by atoms with Gasteiger partial charge < -0.3 is 10.5 Å². The third-order valence-corrected chi connectivity index (χ3v) is 5.38. The van der Waals surface area contributed by atoms with Gasteiger partial charge in [-0.25, -0.2) is 19.2 Å². The van der Waals surface area contributed by atoms with Crippen LogP contribution < -0.4 is 5.73 Å². The molecular weight excluding hydrogens is 419 g/mol. The maximum Gasteiger partial charge on any atom is 0.344 e. The van der Waals surface area contributed by atoms with Crippen LogP contribution in [-0.4, -0.2) is 27.1 Å². The normalized spacial score (nSPS) is 11.3. The molecular formula is C23H22ClFN4O2. The number of ether oxygens (including phenoxy) is 1. The lowest BCUT2D eigenvalue weighted by Gasteiger charge is -2.09. The molecule has 2 aromatic heterocycles. The summed E-state index contributed by atoms with van der Waals surface area (Å²) in [4.78, 5) is 22.2. The van der Waals surface area contributed by atoms with Crippen LogP contribution >= 0.6 is 11.6 Å². The predicted molar refractivity (Wildman–Crippen MR) is 120 cm³/mol. The smallest absolute Gasteiger partial charge is 0.344 e. The zero-order valence-electron chi connectivity index (χ0n) is 17.1. The van der Waals surface area contributed by atoms with E-state index < -0.39 is 11.8 Å². The Bertz CT molecular complexity index is 1270. The fourth-order valence-corrected chi connectivity index (χ4v) is 3.69. The molecule has 0 bridgehead atoms. The highest BCUT2D eigenvalue weighted by Gasteiger charge is 2.26. The first-order valence-corrected chi connectivity index (χ1v) is 10.6. The lowest BCUT2D eigenvalue weighted by Crippen LogP contribution is -2.10. The molecule has 0 radical (unpaired) electrons. The largest absolute Gasteiger partial charge is 0.462 e. The standard InChI is InChI=1S/C23H22ClFN4O2/c1-2-3-4-7-12-31-23(30)19-20-22(28-18-9-6-5-8-17(18)27-20)29(21(19)26)14-10-11-16(25)15(24)13-14/h5-6,8-11,13H,2-4,7,12,26H2,1H3. The molecule has 0 fully saturated rings. The first kappa shape index (κ1) is 21.1. The summed E-state index contributed by atoms with van der Waals surface area (Å²) in [6.07, 6.45) is 3.94. The average molecular weight is 441 g/mol. The maximum atomic E-state index is 13.7. The number of hydrogen-bond donors (Lipinski definition) is 1. The summed E-state index contributed by atoms with van der Waals surface area (Å²) in [7, 11) is 0. The summed E-state index contributed by atoms with van der Waals surface area (Å²) in [5.41, 5.74) is 8.98. The van der Waals surface area contributed by atoms with Gasteiger partial charge in [0, 0.05) is 0 Å². The second kappa shape index (κ2) is 8.89. The number of hydrogen-bond acceptors (Lipinski definition) is 5. The highest BCUT2D eigenvalue weighted by molar-refractivity contribution is 6.31. The van der Waals surface area contributed by atoms with Crippen molar-refractivity contribution >= 4 is 45.6 Å². The summed E-state index contributed by atoms with van der Waals surface area (Å²) >= 11 is 5.98. The highest BCUT2D eigenvalue weighted by atomic mass is 35.5. The van der Waals surface area contributed by atoms with Crippen molar-refractivity contribution in [3.63, 3.8) is 0 Å². The lowest BCUT2D eigenvalue weighted by atomic mass is 10.2. The van der Waals surface area contributed by atoms with Crippen molar-refractivity contribution in [1.82, 2.24) is 14.5 Å². The summed E-state index contributed by atoms with van der Waals surface area (Å²) < 4.78 is 20.8. The van der Waals surface area contributed by atoms with E-state index in [0.717, 1.165) is 25.7 Å². The lowest BCUT2D eigenvalue weighted by molar-refractivity contribution is 0.0501. The number of benzene rings is 2. The molecule has 0 aliphatic carbocycles. The second-order valence-corrected chi connectivity index (χ2v) is 7.68. The van der Waals surface area contributed by atoms with Crippen molar-refractivity contribution in [2.45, 2.75) is 32.6 Å². The summed E-state index contributed by atoms with van der Waals surface area (Å²) in [6, 6.07) is 11.5. The first-order chi connectivity index (χ1) is 15.0. The number of aromatic nitrogens is 3. The molecule has 0 spiro atoms. The Balaban J connectivity index is 1.85. The second-order valence-electron chi connectivity index (χ2n) is 7.28. The number of nitrogen functional groups attached to an aromatic ring is 1. The average Bonchev–Trinajstić information content (AvgIpc) is 3.04. The molecule has 4 rings (SSSR count). The van der Waals surface area contributed by atoms with Gasteiger partial charge in [-0.1, -0.05) is 49.9 Å². The molecule has 8 heteroatoms. The van der Waals surface area contributed by atoms with Crippen LogP contribution in [0.2, 0.25) is 5.02 Å². The number of esters is 1. The Morgan fingerprint density at radius 1 is 1.13 bits per heavy atom. The van der Waals surface area contributed by atoms with Crippen LogP contribution in [0.1, 0.15) is 43.0 Å². The molecule has 0 saturated heterocycles. The van der Waals surface area contributed by atoms with Crippen molar-refractivity contribution in [3.8, 4) is 5.69 Å². The van der Waals surface area contributed by atoms with E-state index >= 15 is 0 Å². The van der Waals surface area contributed by atoms with Gasteiger partial charge in [0.25, 0.3) is 0 Å². The van der Waals surface area contributed by atoms with Gasteiger partial charge in [0.05, 0.1) is 28.4 Å². The van der Waals surface area contributed by atoms with Crippen molar-refractivity contribution in [2.75, 3.05) is 12.3 Å². The van der Waals surface area contributed by atoms with E-state index in [9.17, 15) is 9.18 Å². The van der Waals surface area contributed by atoms with Crippen LogP contribution in [-0.2, 0) is 4.74 Å². The SMILES string of the molecule is CCCCCCOC(=O)c1c(N)n(-c2ccc(F)c(Cl)c2)c2nc3ccccc3nc12. The topological polar surface area (TPSA) is 83.0 Å². The number of carbonyl (C=O) groups excluding carboxylic acids is 1. The zero-order chi connectivity index (χ0) is 22.0. The van der Waals surface area contributed by atoms with Gasteiger partial charge >= 0.3 is 5.97 Å². The number of nitrogens with two attached hydrogens (primary N) is 1. The maximum absolute atomic E-state index is 13.7. The van der Waals surface area contributed by atoms with E-state index in [-0.39, 0.29) is 16.4 Å². The minimum absolute atomic E-state index is 0.0625. The number of fused-ring (bicyclic) bond motifs is 2. The molecule has 2 heterocycles. The Hall–Kier alpha value is -3.19. The fourth-order valence-electron chi connectivity index (χ4n) is 3.51. The van der Waals surface area contributed by atoms with E-state index in [1.54, 1.807) is 4.57 Å². The van der Waals surface area contributed by atoms with Gasteiger partial charge in [-0.3, -0.25) is 4.57 Å². The summed E-state index contributed by atoms with van der Waals surface area (Å²) in [5.74, 6) is -0.995. The van der Waals surface area contributed by atoms with E-state index in [4.69, 9.17) is 22.1 Å². The van der Waals surface area contributed by atoms with Gasteiger partial charge in [0.2, 0.25) is 0 Å². The van der Waals surface area contributed by atoms with Crippen molar-refractivity contribution in [2.24, 2.45) is 0 Å². The van der Waals surface area contributed by atoms with Gasteiger partial charge in [-0.2, -0.15) is 0 Å². The highest BCUT2D eigenvalue weighted by Crippen LogP contribution is 2.32. The number of para-hydroxylation sites is 2. The first-order valence-electron chi connectivity index (χ1n) is 10.2. The number of unbranched alkanes of at least 4 members (excludes halogenated alkanes) is 3.